The number of aromatic nitrogens is 1. The van der Waals surface area contributed by atoms with Crippen molar-refractivity contribution in [1.82, 2.24) is 10.5 Å². The van der Waals surface area contributed by atoms with E-state index in [0.29, 0.717) is 23.8 Å². The molecular formula is C11H16N2O3. The fourth-order valence-electron chi connectivity index (χ4n) is 1.06. The van der Waals surface area contributed by atoms with Crippen LogP contribution in [0.4, 0.5) is 0 Å². The number of amides is 1. The SMILES string of the molecule is COc1cnccc1C(=O)NOCC(C)C. The Bertz CT molecular complexity index is 353. The summed E-state index contributed by atoms with van der Waals surface area (Å²) in [5.74, 6) is 0.452. The smallest absolute Gasteiger partial charge is 0.278 e. The van der Waals surface area contributed by atoms with Crippen LogP contribution in [-0.4, -0.2) is 24.6 Å². The third kappa shape index (κ3) is 3.51. The zero-order valence-electron chi connectivity index (χ0n) is 9.69. The van der Waals surface area contributed by atoms with E-state index in [1.807, 2.05) is 13.8 Å². The van der Waals surface area contributed by atoms with E-state index < -0.39 is 0 Å². The van der Waals surface area contributed by atoms with Gasteiger partial charge in [0, 0.05) is 6.20 Å². The number of ether oxygens (including phenoxy) is 1. The van der Waals surface area contributed by atoms with Crippen molar-refractivity contribution in [1.29, 1.82) is 0 Å². The summed E-state index contributed by atoms with van der Waals surface area (Å²) in [5.41, 5.74) is 2.76. The molecule has 5 heteroatoms. The Morgan fingerprint density at radius 1 is 1.56 bits per heavy atom. The molecule has 88 valence electrons. The number of nitrogens with one attached hydrogen (secondary N) is 1. The van der Waals surface area contributed by atoms with Gasteiger partial charge in [-0.15, -0.1) is 0 Å². The lowest BCUT2D eigenvalue weighted by atomic mass is 10.2. The number of hydroxylamine groups is 1. The molecule has 0 saturated heterocycles. The molecule has 16 heavy (non-hydrogen) atoms. The first-order valence-electron chi connectivity index (χ1n) is 5.05. The van der Waals surface area contributed by atoms with Gasteiger partial charge in [-0.25, -0.2) is 5.48 Å². The summed E-state index contributed by atoms with van der Waals surface area (Å²) in [6, 6.07) is 1.58. The molecule has 0 radical (unpaired) electrons. The summed E-state index contributed by atoms with van der Waals surface area (Å²) < 4.78 is 5.01. The molecule has 0 unspecified atom stereocenters. The number of carbonyl (C=O) groups excluding carboxylic acids is 1. The van der Waals surface area contributed by atoms with Crippen LogP contribution in [0.3, 0.4) is 0 Å². The highest BCUT2D eigenvalue weighted by atomic mass is 16.7. The topological polar surface area (TPSA) is 60.5 Å². The van der Waals surface area contributed by atoms with Gasteiger partial charge in [0.15, 0.2) is 0 Å². The van der Waals surface area contributed by atoms with Crippen LogP contribution in [-0.2, 0) is 4.84 Å². The molecule has 0 aliphatic carbocycles. The molecule has 1 amide bonds. The molecule has 0 aliphatic heterocycles. The molecule has 0 fully saturated rings. The third-order valence-corrected chi connectivity index (χ3v) is 1.83. The number of nitrogens with zero attached hydrogens (tertiary/aromatic N) is 1. The highest BCUT2D eigenvalue weighted by Gasteiger charge is 2.11. The van der Waals surface area contributed by atoms with Gasteiger partial charge in [0.2, 0.25) is 0 Å². The van der Waals surface area contributed by atoms with E-state index in [9.17, 15) is 4.79 Å². The Kier molecular flexibility index (Phi) is 4.72. The Balaban J connectivity index is 2.59. The van der Waals surface area contributed by atoms with Crippen molar-refractivity contribution in [2.75, 3.05) is 13.7 Å². The Morgan fingerprint density at radius 2 is 2.31 bits per heavy atom. The summed E-state index contributed by atoms with van der Waals surface area (Å²) in [5, 5.41) is 0. The van der Waals surface area contributed by atoms with E-state index in [2.05, 4.69) is 10.5 Å². The zero-order valence-corrected chi connectivity index (χ0v) is 9.69. The van der Waals surface area contributed by atoms with Gasteiger partial charge in [-0.3, -0.25) is 14.6 Å². The molecule has 1 N–H and O–H groups in total. The van der Waals surface area contributed by atoms with Crippen molar-refractivity contribution >= 4 is 5.91 Å². The maximum Gasteiger partial charge on any atom is 0.278 e. The lowest BCUT2D eigenvalue weighted by Gasteiger charge is -2.09. The highest BCUT2D eigenvalue weighted by Crippen LogP contribution is 2.15. The van der Waals surface area contributed by atoms with Crippen molar-refractivity contribution in [3.05, 3.63) is 24.0 Å². The standard InChI is InChI=1S/C11H16N2O3/c1-8(2)7-16-13-11(14)9-4-5-12-6-10(9)15-3/h4-6,8H,7H2,1-3H3,(H,13,14). The number of pyridine rings is 1. The highest BCUT2D eigenvalue weighted by molar-refractivity contribution is 5.96. The molecule has 1 aromatic heterocycles. The van der Waals surface area contributed by atoms with Gasteiger partial charge >= 0.3 is 0 Å². The molecule has 1 rings (SSSR count). The lowest BCUT2D eigenvalue weighted by Crippen LogP contribution is -2.26. The van der Waals surface area contributed by atoms with Crippen LogP contribution < -0.4 is 10.2 Å². The Labute approximate surface area is 94.7 Å². The van der Waals surface area contributed by atoms with E-state index in [1.54, 1.807) is 6.07 Å². The largest absolute Gasteiger partial charge is 0.494 e. The second-order valence-corrected chi connectivity index (χ2v) is 3.71. The number of carbonyl (C=O) groups is 1. The molecule has 0 atom stereocenters. The van der Waals surface area contributed by atoms with Gasteiger partial charge in [-0.1, -0.05) is 13.8 Å². The van der Waals surface area contributed by atoms with Crippen LogP contribution in [0.5, 0.6) is 5.75 Å². The van der Waals surface area contributed by atoms with E-state index >= 15 is 0 Å². The van der Waals surface area contributed by atoms with Gasteiger partial charge in [-0.2, -0.15) is 0 Å². The first-order valence-corrected chi connectivity index (χ1v) is 5.05. The summed E-state index contributed by atoms with van der Waals surface area (Å²) in [6.45, 7) is 4.47. The quantitative estimate of drug-likeness (QED) is 0.768. The molecule has 5 nitrogen and oxygen atoms in total. The number of hydrogen-bond acceptors (Lipinski definition) is 4. The van der Waals surface area contributed by atoms with Crippen LogP contribution in [0.15, 0.2) is 18.5 Å². The number of methoxy groups -OCH3 is 1. The monoisotopic (exact) mass is 224 g/mol. The predicted molar refractivity (Wildman–Crippen MR) is 59.0 cm³/mol. The predicted octanol–water partition coefficient (Wildman–Crippen LogP) is 1.41. The molecule has 0 aromatic carbocycles. The van der Waals surface area contributed by atoms with Crippen molar-refractivity contribution in [2.24, 2.45) is 5.92 Å². The molecule has 1 heterocycles. The molecule has 0 spiro atoms. The first-order chi connectivity index (χ1) is 7.65. The fraction of sp³-hybridized carbons (Fsp3) is 0.455. The van der Waals surface area contributed by atoms with Gasteiger partial charge in [0.05, 0.1) is 25.5 Å². The average Bonchev–Trinajstić information content (AvgIpc) is 2.28. The minimum Gasteiger partial charge on any atom is -0.494 e. The van der Waals surface area contributed by atoms with Crippen LogP contribution >= 0.6 is 0 Å². The summed E-state index contributed by atoms with van der Waals surface area (Å²) in [6.07, 6.45) is 3.01. The summed E-state index contributed by atoms with van der Waals surface area (Å²) in [7, 11) is 1.49. The minimum atomic E-state index is -0.333. The van der Waals surface area contributed by atoms with Crippen molar-refractivity contribution in [3.8, 4) is 5.75 Å². The number of hydrogen-bond donors (Lipinski definition) is 1. The second kappa shape index (κ2) is 6.07. The van der Waals surface area contributed by atoms with E-state index in [0.717, 1.165) is 0 Å². The maximum atomic E-state index is 11.7. The molecule has 0 saturated carbocycles. The van der Waals surface area contributed by atoms with Gasteiger partial charge in [-0.05, 0) is 12.0 Å². The minimum absolute atomic E-state index is 0.333. The maximum absolute atomic E-state index is 11.7. The zero-order chi connectivity index (χ0) is 12.0. The Hall–Kier alpha value is -1.62. The van der Waals surface area contributed by atoms with Crippen molar-refractivity contribution in [3.63, 3.8) is 0 Å². The molecule has 0 bridgehead atoms. The summed E-state index contributed by atoms with van der Waals surface area (Å²) >= 11 is 0. The van der Waals surface area contributed by atoms with E-state index in [1.165, 1.54) is 19.5 Å². The van der Waals surface area contributed by atoms with E-state index in [4.69, 9.17) is 9.57 Å². The van der Waals surface area contributed by atoms with E-state index in [-0.39, 0.29) is 5.91 Å². The van der Waals surface area contributed by atoms with Crippen molar-refractivity contribution < 1.29 is 14.4 Å². The molecular weight excluding hydrogens is 208 g/mol. The van der Waals surface area contributed by atoms with Gasteiger partial charge in [0.25, 0.3) is 5.91 Å². The van der Waals surface area contributed by atoms with Crippen molar-refractivity contribution in [2.45, 2.75) is 13.8 Å². The van der Waals surface area contributed by atoms with Crippen LogP contribution in [0.1, 0.15) is 24.2 Å². The normalized spacial score (nSPS) is 10.2. The van der Waals surface area contributed by atoms with Crippen LogP contribution in [0, 0.1) is 5.92 Å². The van der Waals surface area contributed by atoms with Gasteiger partial charge in [0.1, 0.15) is 5.75 Å². The van der Waals surface area contributed by atoms with Gasteiger partial charge < -0.3 is 4.74 Å². The lowest BCUT2D eigenvalue weighted by molar-refractivity contribution is 0.0206. The first kappa shape index (κ1) is 12.4. The van der Waals surface area contributed by atoms with Crippen LogP contribution in [0.25, 0.3) is 0 Å². The molecule has 1 aromatic rings. The number of rotatable bonds is 5. The molecule has 0 aliphatic rings. The second-order valence-electron chi connectivity index (χ2n) is 3.71. The summed E-state index contributed by atoms with van der Waals surface area (Å²) in [4.78, 5) is 20.6. The third-order valence-electron chi connectivity index (χ3n) is 1.83. The Morgan fingerprint density at radius 3 is 2.94 bits per heavy atom. The van der Waals surface area contributed by atoms with Crippen LogP contribution in [0.2, 0.25) is 0 Å². The average molecular weight is 224 g/mol. The fourth-order valence-corrected chi connectivity index (χ4v) is 1.06.